The minimum absolute atomic E-state index is 0.00609. The number of hydrogen-bond donors (Lipinski definition) is 0. The average molecular weight is 348 g/mol. The van der Waals surface area contributed by atoms with Crippen molar-refractivity contribution in [3.63, 3.8) is 0 Å². The van der Waals surface area contributed by atoms with Gasteiger partial charge in [0.15, 0.2) is 0 Å². The summed E-state index contributed by atoms with van der Waals surface area (Å²) in [6.45, 7) is 7.27. The van der Waals surface area contributed by atoms with E-state index < -0.39 is 0 Å². The van der Waals surface area contributed by atoms with Crippen LogP contribution in [0.3, 0.4) is 0 Å². The van der Waals surface area contributed by atoms with Crippen molar-refractivity contribution in [1.82, 2.24) is 4.90 Å². The van der Waals surface area contributed by atoms with Crippen molar-refractivity contribution < 1.29 is 14.3 Å². The summed E-state index contributed by atoms with van der Waals surface area (Å²) >= 11 is 3.69. The Bertz CT molecular complexity index is 310. The zero-order valence-corrected chi connectivity index (χ0v) is 14.0. The van der Waals surface area contributed by atoms with Gasteiger partial charge in [0.25, 0.3) is 0 Å². The number of piperidine rings is 1. The minimum atomic E-state index is -0.00609. The molecule has 2 aliphatic heterocycles. The van der Waals surface area contributed by atoms with Gasteiger partial charge in [-0.2, -0.15) is 0 Å². The number of likely N-dealkylation sites (tertiary alicyclic amines) is 1. The summed E-state index contributed by atoms with van der Waals surface area (Å²) in [4.78, 5) is 14.3. The van der Waals surface area contributed by atoms with E-state index in [-0.39, 0.29) is 11.9 Å². The van der Waals surface area contributed by atoms with E-state index in [1.54, 1.807) is 0 Å². The van der Waals surface area contributed by atoms with Crippen molar-refractivity contribution in [2.24, 2.45) is 11.3 Å². The highest BCUT2D eigenvalue weighted by Crippen LogP contribution is 2.34. The Kier molecular flexibility index (Phi) is 6.30. The normalized spacial score (nSPS) is 24.5. The Morgan fingerprint density at radius 1 is 1.35 bits per heavy atom. The number of esters is 1. The molecule has 0 unspecified atom stereocenters. The Morgan fingerprint density at radius 2 is 2.00 bits per heavy atom. The van der Waals surface area contributed by atoms with Crippen LogP contribution in [0.25, 0.3) is 0 Å². The fourth-order valence-corrected chi connectivity index (χ4v) is 3.94. The molecule has 0 atom stereocenters. The van der Waals surface area contributed by atoms with Crippen molar-refractivity contribution in [3.05, 3.63) is 0 Å². The van der Waals surface area contributed by atoms with Crippen LogP contribution < -0.4 is 0 Å². The van der Waals surface area contributed by atoms with Crippen LogP contribution in [0.4, 0.5) is 0 Å². The number of carbonyl (C=O) groups is 1. The summed E-state index contributed by atoms with van der Waals surface area (Å²) in [5.41, 5.74) is 0.356. The molecule has 0 saturated carbocycles. The molecular weight excluding hydrogens is 322 g/mol. The van der Waals surface area contributed by atoms with E-state index in [0.717, 1.165) is 63.9 Å². The van der Waals surface area contributed by atoms with Crippen molar-refractivity contribution in [2.75, 3.05) is 44.8 Å². The zero-order valence-electron chi connectivity index (χ0n) is 12.4. The maximum absolute atomic E-state index is 11.7. The monoisotopic (exact) mass is 347 g/mol. The maximum Gasteiger partial charge on any atom is 0.309 e. The smallest absolute Gasteiger partial charge is 0.309 e. The topological polar surface area (TPSA) is 38.8 Å². The largest absolute Gasteiger partial charge is 0.466 e. The summed E-state index contributed by atoms with van der Waals surface area (Å²) in [5, 5.41) is 1.04. The first-order valence-corrected chi connectivity index (χ1v) is 8.84. The first kappa shape index (κ1) is 16.2. The lowest BCUT2D eigenvalue weighted by Crippen LogP contribution is -2.46. The van der Waals surface area contributed by atoms with E-state index in [4.69, 9.17) is 9.47 Å². The quantitative estimate of drug-likeness (QED) is 0.565. The standard InChI is InChI=1S/C15H26BrNO3/c1-2-20-14(18)13-3-7-17(8-4-13)12-15(11-16)5-9-19-10-6-15/h13H,2-12H2,1H3. The van der Waals surface area contributed by atoms with E-state index >= 15 is 0 Å². The van der Waals surface area contributed by atoms with Gasteiger partial charge in [-0.3, -0.25) is 4.79 Å². The molecule has 5 heteroatoms. The number of carbonyl (C=O) groups excluding carboxylic acids is 1. The molecule has 116 valence electrons. The van der Waals surface area contributed by atoms with Crippen LogP contribution in [0.2, 0.25) is 0 Å². The van der Waals surface area contributed by atoms with E-state index in [1.165, 1.54) is 0 Å². The van der Waals surface area contributed by atoms with Gasteiger partial charge in [-0.15, -0.1) is 0 Å². The van der Waals surface area contributed by atoms with Crippen molar-refractivity contribution >= 4 is 21.9 Å². The predicted molar refractivity (Wildman–Crippen MR) is 82.1 cm³/mol. The number of ether oxygens (including phenoxy) is 2. The van der Waals surface area contributed by atoms with Gasteiger partial charge in [0.1, 0.15) is 0 Å². The highest BCUT2D eigenvalue weighted by molar-refractivity contribution is 9.09. The molecule has 0 aromatic heterocycles. The summed E-state index contributed by atoms with van der Waals surface area (Å²) < 4.78 is 10.6. The highest BCUT2D eigenvalue weighted by Gasteiger charge is 2.35. The van der Waals surface area contributed by atoms with Crippen LogP contribution in [-0.2, 0) is 14.3 Å². The molecule has 2 fully saturated rings. The van der Waals surface area contributed by atoms with Gasteiger partial charge < -0.3 is 14.4 Å². The number of nitrogens with zero attached hydrogens (tertiary/aromatic N) is 1. The average Bonchev–Trinajstić information content (AvgIpc) is 2.49. The third-order valence-electron chi connectivity index (χ3n) is 4.60. The van der Waals surface area contributed by atoms with Crippen molar-refractivity contribution in [3.8, 4) is 0 Å². The molecule has 2 heterocycles. The molecule has 0 aliphatic carbocycles. The number of rotatable bonds is 5. The Balaban J connectivity index is 1.80. The lowest BCUT2D eigenvalue weighted by atomic mass is 9.81. The van der Waals surface area contributed by atoms with Crippen molar-refractivity contribution in [1.29, 1.82) is 0 Å². The van der Waals surface area contributed by atoms with E-state index in [9.17, 15) is 4.79 Å². The second kappa shape index (κ2) is 7.76. The molecule has 0 radical (unpaired) electrons. The van der Waals surface area contributed by atoms with Crippen molar-refractivity contribution in [2.45, 2.75) is 32.6 Å². The number of halogens is 1. The van der Waals surface area contributed by atoms with E-state index in [1.807, 2.05) is 6.92 Å². The van der Waals surface area contributed by atoms with Gasteiger partial charge in [0.2, 0.25) is 0 Å². The van der Waals surface area contributed by atoms with E-state index in [2.05, 4.69) is 20.8 Å². The second-order valence-corrected chi connectivity index (χ2v) is 6.61. The molecule has 2 aliphatic rings. The molecule has 0 spiro atoms. The molecule has 0 aromatic rings. The van der Waals surface area contributed by atoms with Gasteiger partial charge in [-0.25, -0.2) is 0 Å². The molecule has 2 saturated heterocycles. The Morgan fingerprint density at radius 3 is 2.55 bits per heavy atom. The molecule has 2 rings (SSSR count). The Labute approximate surface area is 130 Å². The van der Waals surface area contributed by atoms with Crippen LogP contribution in [-0.4, -0.2) is 55.7 Å². The molecular formula is C15H26BrNO3. The second-order valence-electron chi connectivity index (χ2n) is 6.05. The summed E-state index contributed by atoms with van der Waals surface area (Å²) in [6, 6.07) is 0. The van der Waals surface area contributed by atoms with Gasteiger partial charge in [-0.05, 0) is 51.1 Å². The van der Waals surface area contributed by atoms with Crippen LogP contribution in [0.1, 0.15) is 32.6 Å². The molecule has 4 nitrogen and oxygen atoms in total. The lowest BCUT2D eigenvalue weighted by Gasteiger charge is -2.42. The first-order chi connectivity index (χ1) is 9.69. The third-order valence-corrected chi connectivity index (χ3v) is 5.79. The molecule has 0 N–H and O–H groups in total. The van der Waals surface area contributed by atoms with Crippen LogP contribution in [0, 0.1) is 11.3 Å². The third kappa shape index (κ3) is 4.18. The minimum Gasteiger partial charge on any atom is -0.466 e. The number of hydrogen-bond acceptors (Lipinski definition) is 4. The van der Waals surface area contributed by atoms with E-state index in [0.29, 0.717) is 12.0 Å². The maximum atomic E-state index is 11.7. The summed E-state index contributed by atoms with van der Waals surface area (Å²) in [5.74, 6) is 0.106. The van der Waals surface area contributed by atoms with Crippen LogP contribution in [0.5, 0.6) is 0 Å². The molecule has 0 aromatic carbocycles. The van der Waals surface area contributed by atoms with Crippen LogP contribution in [0.15, 0.2) is 0 Å². The van der Waals surface area contributed by atoms with Crippen LogP contribution >= 0.6 is 15.9 Å². The molecule has 0 bridgehead atoms. The fourth-order valence-electron chi connectivity index (χ4n) is 3.20. The number of alkyl halides is 1. The summed E-state index contributed by atoms with van der Waals surface area (Å²) in [7, 11) is 0. The molecule has 20 heavy (non-hydrogen) atoms. The SMILES string of the molecule is CCOC(=O)C1CCN(CC2(CBr)CCOCC2)CC1. The van der Waals surface area contributed by atoms with Gasteiger partial charge in [0.05, 0.1) is 12.5 Å². The van der Waals surface area contributed by atoms with Gasteiger partial charge in [0, 0.05) is 25.1 Å². The predicted octanol–water partition coefficient (Wildman–Crippen LogP) is 2.45. The highest BCUT2D eigenvalue weighted by atomic mass is 79.9. The Hall–Kier alpha value is -0.130. The van der Waals surface area contributed by atoms with Gasteiger partial charge in [-0.1, -0.05) is 15.9 Å². The van der Waals surface area contributed by atoms with Gasteiger partial charge >= 0.3 is 5.97 Å². The first-order valence-electron chi connectivity index (χ1n) is 7.72. The fraction of sp³-hybridized carbons (Fsp3) is 0.933. The summed E-state index contributed by atoms with van der Waals surface area (Å²) in [6.07, 6.45) is 4.15. The zero-order chi connectivity index (χ0) is 14.4. The molecule has 0 amide bonds. The lowest BCUT2D eigenvalue weighted by molar-refractivity contribution is -0.149.